The Kier molecular flexibility index (Phi) is 4.73. The van der Waals surface area contributed by atoms with Crippen molar-refractivity contribution in [2.24, 2.45) is 0 Å². The number of sulfonamides is 1. The van der Waals surface area contributed by atoms with E-state index in [4.69, 9.17) is 0 Å². The molecule has 0 fully saturated rings. The van der Waals surface area contributed by atoms with Crippen LogP contribution in [-0.2, 0) is 10.0 Å². The highest BCUT2D eigenvalue weighted by atomic mass is 32.2. The Balaban J connectivity index is 1.48. The third-order valence-corrected chi connectivity index (χ3v) is 5.60. The maximum Gasteiger partial charge on any atom is 0.270 e. The number of hydrogen-bond acceptors (Lipinski definition) is 4. The van der Waals surface area contributed by atoms with Gasteiger partial charge in [0.15, 0.2) is 0 Å². The summed E-state index contributed by atoms with van der Waals surface area (Å²) in [6.45, 7) is 0. The number of amides is 1. The van der Waals surface area contributed by atoms with Crippen LogP contribution < -0.4 is 10.1 Å². The zero-order valence-corrected chi connectivity index (χ0v) is 15.7. The summed E-state index contributed by atoms with van der Waals surface area (Å²) in [5.41, 5.74) is 4.84. The summed E-state index contributed by atoms with van der Waals surface area (Å²) < 4.78 is 41.6. The highest BCUT2D eigenvalue weighted by Crippen LogP contribution is 2.17. The second kappa shape index (κ2) is 7.36. The fourth-order valence-electron chi connectivity index (χ4n) is 2.74. The van der Waals surface area contributed by atoms with Gasteiger partial charge in [-0.1, -0.05) is 12.1 Å². The number of para-hydroxylation sites is 2. The third-order valence-electron chi connectivity index (χ3n) is 4.20. The third kappa shape index (κ3) is 3.94. The van der Waals surface area contributed by atoms with Gasteiger partial charge in [0.1, 0.15) is 12.1 Å². The molecule has 0 spiro atoms. The lowest BCUT2D eigenvalue weighted by Crippen LogP contribution is -2.22. The van der Waals surface area contributed by atoms with Gasteiger partial charge in [-0.05, 0) is 60.7 Å². The van der Waals surface area contributed by atoms with Crippen LogP contribution in [0, 0.1) is 5.82 Å². The van der Waals surface area contributed by atoms with E-state index in [0.29, 0.717) is 5.56 Å². The highest BCUT2D eigenvalue weighted by molar-refractivity contribution is 7.92. The van der Waals surface area contributed by atoms with Crippen LogP contribution >= 0.6 is 0 Å². The molecule has 2 N–H and O–H groups in total. The monoisotopic (exact) mass is 410 g/mol. The number of nitrogens with zero attached hydrogens (tertiary/aromatic N) is 2. The van der Waals surface area contributed by atoms with Crippen LogP contribution in [0.1, 0.15) is 10.4 Å². The van der Waals surface area contributed by atoms with Crippen molar-refractivity contribution in [3.63, 3.8) is 0 Å². The van der Waals surface area contributed by atoms with E-state index in [2.05, 4.69) is 15.1 Å². The van der Waals surface area contributed by atoms with Crippen molar-refractivity contribution < 1.29 is 17.6 Å². The first-order valence-corrected chi connectivity index (χ1v) is 10.0. The lowest BCUT2D eigenvalue weighted by molar-refractivity contribution is 0.101. The number of halogens is 1. The average Bonchev–Trinajstić information content (AvgIpc) is 3.11. The fourth-order valence-corrected chi connectivity index (χ4v) is 3.80. The number of carbonyl (C=O) groups excluding carboxylic acids is 1. The zero-order valence-electron chi connectivity index (χ0n) is 14.9. The Morgan fingerprint density at radius 2 is 1.62 bits per heavy atom. The van der Waals surface area contributed by atoms with E-state index in [1.807, 2.05) is 24.3 Å². The molecule has 0 saturated heterocycles. The van der Waals surface area contributed by atoms with Crippen LogP contribution in [0.5, 0.6) is 0 Å². The normalized spacial score (nSPS) is 11.3. The second-order valence-electron chi connectivity index (χ2n) is 6.18. The Labute approximate surface area is 165 Å². The number of carbonyl (C=O) groups is 1. The maximum absolute atomic E-state index is 13.0. The molecule has 4 aromatic rings. The molecule has 0 atom stereocenters. The van der Waals surface area contributed by atoms with Crippen molar-refractivity contribution >= 4 is 32.7 Å². The molecule has 0 saturated carbocycles. The highest BCUT2D eigenvalue weighted by Gasteiger charge is 2.15. The van der Waals surface area contributed by atoms with Crippen molar-refractivity contribution in [3.8, 4) is 0 Å². The van der Waals surface area contributed by atoms with Crippen LogP contribution in [0.25, 0.3) is 11.0 Å². The quantitative estimate of drug-likeness (QED) is 0.528. The Morgan fingerprint density at radius 3 is 2.34 bits per heavy atom. The molecule has 29 heavy (non-hydrogen) atoms. The molecule has 0 unspecified atom stereocenters. The Bertz CT molecular complexity index is 1280. The number of imidazole rings is 1. The van der Waals surface area contributed by atoms with Crippen LogP contribution in [-0.4, -0.2) is 24.0 Å². The van der Waals surface area contributed by atoms with E-state index in [1.165, 1.54) is 47.4 Å². The summed E-state index contributed by atoms with van der Waals surface area (Å²) in [6.07, 6.45) is 1.51. The molecule has 3 aromatic carbocycles. The van der Waals surface area contributed by atoms with Crippen molar-refractivity contribution in [3.05, 3.63) is 90.5 Å². The first kappa shape index (κ1) is 18.6. The van der Waals surface area contributed by atoms with E-state index in [-0.39, 0.29) is 16.5 Å². The summed E-state index contributed by atoms with van der Waals surface area (Å²) in [7, 11) is -3.86. The van der Waals surface area contributed by atoms with Crippen LogP contribution in [0.3, 0.4) is 0 Å². The van der Waals surface area contributed by atoms with Crippen LogP contribution in [0.15, 0.2) is 84.0 Å². The first-order valence-electron chi connectivity index (χ1n) is 8.54. The van der Waals surface area contributed by atoms with E-state index in [9.17, 15) is 17.6 Å². The standard InChI is InChI=1S/C20H15FN4O3S/c21-15-7-11-17(12-8-15)29(27,28)24-16-9-5-14(6-10-16)20(26)23-25-13-22-18-3-1-2-4-19(18)25/h1-13,24H,(H,23,26). The van der Waals surface area contributed by atoms with E-state index in [0.717, 1.165) is 23.2 Å². The number of benzene rings is 3. The minimum atomic E-state index is -3.86. The van der Waals surface area contributed by atoms with Crippen LogP contribution in [0.4, 0.5) is 10.1 Å². The van der Waals surface area contributed by atoms with Crippen LogP contribution in [0.2, 0.25) is 0 Å². The van der Waals surface area contributed by atoms with Gasteiger partial charge >= 0.3 is 0 Å². The van der Waals surface area contributed by atoms with Gasteiger partial charge in [-0.2, -0.15) is 0 Å². The fraction of sp³-hybridized carbons (Fsp3) is 0. The van der Waals surface area contributed by atoms with E-state index >= 15 is 0 Å². The molecular formula is C20H15FN4O3S. The topological polar surface area (TPSA) is 93.1 Å². The largest absolute Gasteiger partial charge is 0.280 e. The lowest BCUT2D eigenvalue weighted by Gasteiger charge is -2.10. The van der Waals surface area contributed by atoms with Crippen molar-refractivity contribution in [1.82, 2.24) is 9.66 Å². The Morgan fingerprint density at radius 1 is 0.931 bits per heavy atom. The number of hydrogen-bond donors (Lipinski definition) is 2. The summed E-state index contributed by atoms with van der Waals surface area (Å²) in [6, 6.07) is 17.8. The van der Waals surface area contributed by atoms with Gasteiger partial charge < -0.3 is 0 Å². The molecular weight excluding hydrogens is 395 g/mol. The predicted molar refractivity (Wildman–Crippen MR) is 107 cm³/mol. The molecule has 1 aromatic heterocycles. The maximum atomic E-state index is 13.0. The molecule has 0 aliphatic carbocycles. The second-order valence-corrected chi connectivity index (χ2v) is 7.86. The number of nitrogens with one attached hydrogen (secondary N) is 2. The molecule has 7 nitrogen and oxygen atoms in total. The SMILES string of the molecule is O=C(Nn1cnc2ccccc21)c1ccc(NS(=O)(=O)c2ccc(F)cc2)cc1. The summed E-state index contributed by atoms with van der Waals surface area (Å²) in [4.78, 5) is 16.6. The molecule has 9 heteroatoms. The van der Waals surface area contributed by atoms with Gasteiger partial charge in [-0.25, -0.2) is 22.5 Å². The minimum absolute atomic E-state index is 0.0623. The smallest absolute Gasteiger partial charge is 0.270 e. The number of rotatable bonds is 5. The van der Waals surface area contributed by atoms with Gasteiger partial charge in [0, 0.05) is 11.3 Å². The zero-order chi connectivity index (χ0) is 20.4. The molecule has 0 aliphatic heterocycles. The van der Waals surface area contributed by atoms with Crippen molar-refractivity contribution in [2.75, 3.05) is 10.1 Å². The van der Waals surface area contributed by atoms with E-state index < -0.39 is 15.8 Å². The number of aromatic nitrogens is 2. The molecule has 4 rings (SSSR count). The Hall–Kier alpha value is -3.72. The van der Waals surface area contributed by atoms with E-state index in [1.54, 1.807) is 0 Å². The molecule has 0 radical (unpaired) electrons. The summed E-state index contributed by atoms with van der Waals surface area (Å²) >= 11 is 0. The summed E-state index contributed by atoms with van der Waals surface area (Å²) in [5, 5.41) is 0. The van der Waals surface area contributed by atoms with Gasteiger partial charge in [0.05, 0.1) is 15.9 Å². The van der Waals surface area contributed by atoms with Gasteiger partial charge in [0.25, 0.3) is 15.9 Å². The number of anilines is 1. The van der Waals surface area contributed by atoms with Crippen molar-refractivity contribution in [1.29, 1.82) is 0 Å². The minimum Gasteiger partial charge on any atom is -0.280 e. The molecule has 1 heterocycles. The van der Waals surface area contributed by atoms with Gasteiger partial charge in [-0.3, -0.25) is 14.9 Å². The molecule has 0 bridgehead atoms. The number of fused-ring (bicyclic) bond motifs is 1. The average molecular weight is 410 g/mol. The molecule has 0 aliphatic rings. The lowest BCUT2D eigenvalue weighted by atomic mass is 10.2. The van der Waals surface area contributed by atoms with Crippen molar-refractivity contribution in [2.45, 2.75) is 4.90 Å². The first-order chi connectivity index (χ1) is 13.9. The molecule has 1 amide bonds. The van der Waals surface area contributed by atoms with Gasteiger partial charge in [0.2, 0.25) is 0 Å². The predicted octanol–water partition coefficient (Wildman–Crippen LogP) is 3.36. The van der Waals surface area contributed by atoms with Gasteiger partial charge in [-0.15, -0.1) is 0 Å². The summed E-state index contributed by atoms with van der Waals surface area (Å²) in [5.74, 6) is -0.897. The molecule has 146 valence electrons.